The summed E-state index contributed by atoms with van der Waals surface area (Å²) >= 11 is 0. The first kappa shape index (κ1) is 21.8. The number of aromatic nitrogens is 3. The number of hydrogen-bond acceptors (Lipinski definition) is 6. The first-order valence-corrected chi connectivity index (χ1v) is 11.6. The highest BCUT2D eigenvalue weighted by Crippen LogP contribution is 2.41. The second-order valence-electron chi connectivity index (χ2n) is 9.27. The van der Waals surface area contributed by atoms with Crippen LogP contribution in [0.1, 0.15) is 30.4 Å². The zero-order valence-corrected chi connectivity index (χ0v) is 18.8. The van der Waals surface area contributed by atoms with E-state index in [1.165, 1.54) is 17.2 Å². The van der Waals surface area contributed by atoms with E-state index in [4.69, 9.17) is 0 Å². The number of halogens is 3. The molecule has 2 atom stereocenters. The number of fused-ring (bicyclic) bond motifs is 3. The highest BCUT2D eigenvalue weighted by molar-refractivity contribution is 5.94. The van der Waals surface area contributed by atoms with Gasteiger partial charge in [0.15, 0.2) is 11.6 Å². The summed E-state index contributed by atoms with van der Waals surface area (Å²) in [6.45, 7) is 3.81. The number of anilines is 1. The van der Waals surface area contributed by atoms with Gasteiger partial charge in [-0.05, 0) is 55.4 Å². The Bertz CT molecular complexity index is 1410. The van der Waals surface area contributed by atoms with E-state index >= 15 is 4.39 Å². The van der Waals surface area contributed by atoms with E-state index in [-0.39, 0.29) is 29.1 Å². The van der Waals surface area contributed by atoms with Crippen molar-refractivity contribution in [1.82, 2.24) is 19.9 Å². The highest BCUT2D eigenvalue weighted by Gasteiger charge is 2.50. The molecule has 7 nitrogen and oxygen atoms in total. The second-order valence-corrected chi connectivity index (χ2v) is 9.27. The molecule has 3 aromatic rings. The molecule has 2 aromatic heterocycles. The van der Waals surface area contributed by atoms with Crippen molar-refractivity contribution < 1.29 is 23.1 Å². The van der Waals surface area contributed by atoms with E-state index in [0.717, 1.165) is 18.4 Å². The minimum Gasteiger partial charge on any atom is -0.479 e. The van der Waals surface area contributed by atoms with Gasteiger partial charge in [-0.1, -0.05) is 6.58 Å². The van der Waals surface area contributed by atoms with Crippen molar-refractivity contribution in [3.8, 4) is 17.3 Å². The summed E-state index contributed by atoms with van der Waals surface area (Å²) in [6, 6.07) is 1.93. The summed E-state index contributed by atoms with van der Waals surface area (Å²) in [5.41, 5.74) is 1.86. The molecule has 2 aliphatic heterocycles. The molecular formula is C25H22F3N5O2. The number of hydrogen-bond donors (Lipinski definition) is 1. The second kappa shape index (κ2) is 7.93. The standard InChI is InChI=1S/C25H22F3N5O2/c1-12(26)24(34)32-9-8-18-19(32)11-33(18)23-16-10-29-21(20(28)22(16)30-25(35)31-23)15-6-7-17(27)14-5-3-2-4-13(14)15/h6-7,10,18-19H,1-5,8-9,11H2,(H,30,31,35). The summed E-state index contributed by atoms with van der Waals surface area (Å²) < 4.78 is 43.6. The number of rotatable bonds is 3. The quantitative estimate of drug-likeness (QED) is 0.573. The Morgan fingerprint density at radius 2 is 1.89 bits per heavy atom. The van der Waals surface area contributed by atoms with Crippen LogP contribution in [0.25, 0.3) is 22.2 Å². The number of pyridine rings is 1. The summed E-state index contributed by atoms with van der Waals surface area (Å²) in [5, 5.41) is 10.6. The minimum absolute atomic E-state index is 0.0558. The lowest BCUT2D eigenvalue weighted by Crippen LogP contribution is -2.63. The Labute approximate surface area is 198 Å². The number of benzene rings is 1. The van der Waals surface area contributed by atoms with Gasteiger partial charge in [0.05, 0.1) is 17.5 Å². The van der Waals surface area contributed by atoms with Crippen LogP contribution in [0, 0.1) is 11.6 Å². The van der Waals surface area contributed by atoms with Gasteiger partial charge in [-0.15, -0.1) is 0 Å². The van der Waals surface area contributed by atoms with Crippen molar-refractivity contribution >= 4 is 22.6 Å². The van der Waals surface area contributed by atoms with Crippen LogP contribution in [-0.4, -0.2) is 56.0 Å². The molecule has 1 aromatic carbocycles. The van der Waals surface area contributed by atoms with E-state index in [2.05, 4.69) is 21.5 Å². The molecule has 35 heavy (non-hydrogen) atoms. The van der Waals surface area contributed by atoms with Crippen molar-refractivity contribution in [2.24, 2.45) is 0 Å². The van der Waals surface area contributed by atoms with Crippen LogP contribution < -0.4 is 4.90 Å². The van der Waals surface area contributed by atoms with Gasteiger partial charge in [-0.3, -0.25) is 9.78 Å². The normalized spacial score (nSPS) is 21.0. The molecule has 0 spiro atoms. The van der Waals surface area contributed by atoms with Gasteiger partial charge in [0.25, 0.3) is 5.91 Å². The molecule has 2 saturated heterocycles. The highest BCUT2D eigenvalue weighted by atomic mass is 19.1. The Hall–Kier alpha value is -3.69. The molecule has 180 valence electrons. The lowest BCUT2D eigenvalue weighted by Gasteiger charge is -2.47. The van der Waals surface area contributed by atoms with Crippen LogP contribution in [0.3, 0.4) is 0 Å². The van der Waals surface area contributed by atoms with E-state index in [1.807, 2.05) is 4.90 Å². The predicted molar refractivity (Wildman–Crippen MR) is 122 cm³/mol. The number of carbonyl (C=O) groups excluding carboxylic acids is 1. The molecule has 1 amide bonds. The smallest absolute Gasteiger partial charge is 0.316 e. The van der Waals surface area contributed by atoms with Gasteiger partial charge in [0.1, 0.15) is 22.8 Å². The molecule has 10 heteroatoms. The zero-order valence-electron chi connectivity index (χ0n) is 18.8. The first-order valence-electron chi connectivity index (χ1n) is 11.6. The first-order chi connectivity index (χ1) is 16.8. The molecule has 0 bridgehead atoms. The van der Waals surface area contributed by atoms with Crippen molar-refractivity contribution in [3.05, 3.63) is 53.5 Å². The third-order valence-corrected chi connectivity index (χ3v) is 7.44. The van der Waals surface area contributed by atoms with Gasteiger partial charge in [0.2, 0.25) is 0 Å². The van der Waals surface area contributed by atoms with Gasteiger partial charge < -0.3 is 14.9 Å². The molecule has 2 fully saturated rings. The SMILES string of the molecule is C=C(F)C(=O)N1CCC2C1CN2c1nc(O)nc2c(F)c(-c3ccc(F)c4c3CCCC4)ncc12. The van der Waals surface area contributed by atoms with Crippen LogP contribution in [0.15, 0.2) is 30.7 Å². The number of amides is 1. The Morgan fingerprint density at radius 3 is 2.66 bits per heavy atom. The molecular weight excluding hydrogens is 459 g/mol. The van der Waals surface area contributed by atoms with Crippen LogP contribution in [-0.2, 0) is 17.6 Å². The zero-order chi connectivity index (χ0) is 24.4. The fourth-order valence-corrected chi connectivity index (χ4v) is 5.75. The molecule has 6 rings (SSSR count). The van der Waals surface area contributed by atoms with Crippen LogP contribution in [0.4, 0.5) is 19.0 Å². The minimum atomic E-state index is -1.00. The van der Waals surface area contributed by atoms with Gasteiger partial charge in [0, 0.05) is 24.8 Å². The van der Waals surface area contributed by atoms with Gasteiger partial charge >= 0.3 is 6.01 Å². The molecule has 3 aliphatic rings. The van der Waals surface area contributed by atoms with Crippen LogP contribution in [0.5, 0.6) is 6.01 Å². The van der Waals surface area contributed by atoms with Gasteiger partial charge in [-0.25, -0.2) is 13.2 Å². The summed E-state index contributed by atoms with van der Waals surface area (Å²) in [4.78, 5) is 27.8. The molecule has 1 N–H and O–H groups in total. The maximum Gasteiger partial charge on any atom is 0.316 e. The lowest BCUT2D eigenvalue weighted by atomic mass is 9.86. The average Bonchev–Trinajstić information content (AvgIpc) is 3.16. The number of nitrogens with zero attached hydrogens (tertiary/aromatic N) is 5. The Morgan fingerprint density at radius 1 is 1.11 bits per heavy atom. The summed E-state index contributed by atoms with van der Waals surface area (Å²) in [6.07, 6.45) is 5.05. The maximum absolute atomic E-state index is 15.8. The summed E-state index contributed by atoms with van der Waals surface area (Å²) in [7, 11) is 0. The maximum atomic E-state index is 15.8. The van der Waals surface area contributed by atoms with Crippen molar-refractivity contribution in [2.45, 2.75) is 44.2 Å². The molecule has 4 heterocycles. The molecule has 2 unspecified atom stereocenters. The van der Waals surface area contributed by atoms with Crippen LogP contribution in [0.2, 0.25) is 0 Å². The summed E-state index contributed by atoms with van der Waals surface area (Å²) in [5.74, 6) is -2.43. The molecule has 1 aliphatic carbocycles. The fourth-order valence-electron chi connectivity index (χ4n) is 5.75. The van der Waals surface area contributed by atoms with Crippen molar-refractivity contribution in [1.29, 1.82) is 0 Å². The van der Waals surface area contributed by atoms with E-state index < -0.39 is 23.6 Å². The fraction of sp³-hybridized carbons (Fsp3) is 0.360. The third kappa shape index (κ3) is 3.26. The Kier molecular flexibility index (Phi) is 4.94. The van der Waals surface area contributed by atoms with Crippen molar-refractivity contribution in [2.75, 3.05) is 18.0 Å². The lowest BCUT2D eigenvalue weighted by molar-refractivity contribution is -0.130. The third-order valence-electron chi connectivity index (χ3n) is 7.44. The Balaban J connectivity index is 1.40. The van der Waals surface area contributed by atoms with Gasteiger partial charge in [-0.2, -0.15) is 9.97 Å². The number of likely N-dealkylation sites (tertiary alicyclic amines) is 1. The van der Waals surface area contributed by atoms with Crippen LogP contribution >= 0.6 is 0 Å². The molecule has 0 saturated carbocycles. The number of carbonyl (C=O) groups is 1. The topological polar surface area (TPSA) is 82.5 Å². The monoisotopic (exact) mass is 481 g/mol. The predicted octanol–water partition coefficient (Wildman–Crippen LogP) is 3.83. The van der Waals surface area contributed by atoms with E-state index in [1.54, 1.807) is 6.07 Å². The average molecular weight is 481 g/mol. The van der Waals surface area contributed by atoms with E-state index in [9.17, 15) is 18.7 Å². The number of aromatic hydroxyl groups is 1. The molecule has 0 radical (unpaired) electrons. The van der Waals surface area contributed by atoms with Crippen molar-refractivity contribution in [3.63, 3.8) is 0 Å². The largest absolute Gasteiger partial charge is 0.479 e. The van der Waals surface area contributed by atoms with E-state index in [0.29, 0.717) is 54.7 Å².